The third-order valence-corrected chi connectivity index (χ3v) is 4.93. The van der Waals surface area contributed by atoms with Gasteiger partial charge in [0.15, 0.2) is 0 Å². The Balaban J connectivity index is 1.91. The summed E-state index contributed by atoms with van der Waals surface area (Å²) in [6.45, 7) is 0. The monoisotopic (exact) mass is 393 g/mol. The molecule has 0 fully saturated rings. The number of H-pyrrole nitrogens is 1. The van der Waals surface area contributed by atoms with Crippen molar-refractivity contribution in [3.63, 3.8) is 0 Å². The summed E-state index contributed by atoms with van der Waals surface area (Å²) in [6, 6.07) is 17.0. The first-order valence-electron chi connectivity index (χ1n) is 8.50. The van der Waals surface area contributed by atoms with Crippen LogP contribution in [0.25, 0.3) is 33.2 Å². The van der Waals surface area contributed by atoms with E-state index in [0.29, 0.717) is 32.8 Å². The highest BCUT2D eigenvalue weighted by Gasteiger charge is 2.15. The molecule has 0 saturated heterocycles. The van der Waals surface area contributed by atoms with Crippen molar-refractivity contribution < 1.29 is 14.9 Å². The number of para-hydroxylation sites is 1. The quantitative estimate of drug-likeness (QED) is 0.460. The molecule has 1 heterocycles. The van der Waals surface area contributed by atoms with Crippen LogP contribution in [0.5, 0.6) is 17.2 Å². The first kappa shape index (κ1) is 17.9. The van der Waals surface area contributed by atoms with E-state index in [1.54, 1.807) is 31.4 Å². The Labute approximate surface area is 165 Å². The molecule has 4 aromatic rings. The van der Waals surface area contributed by atoms with Gasteiger partial charge in [-0.25, -0.2) is 0 Å². The summed E-state index contributed by atoms with van der Waals surface area (Å²) in [4.78, 5) is 14.2. The lowest BCUT2D eigenvalue weighted by Gasteiger charge is -2.14. The Bertz CT molecular complexity index is 1260. The predicted molar refractivity (Wildman–Crippen MR) is 110 cm³/mol. The molecule has 28 heavy (non-hydrogen) atoms. The fourth-order valence-corrected chi connectivity index (χ4v) is 3.53. The molecule has 0 radical (unpaired) electrons. The van der Waals surface area contributed by atoms with E-state index in [1.165, 1.54) is 0 Å². The summed E-state index contributed by atoms with van der Waals surface area (Å²) >= 11 is 6.45. The van der Waals surface area contributed by atoms with Gasteiger partial charge in [-0.1, -0.05) is 35.9 Å². The van der Waals surface area contributed by atoms with Crippen molar-refractivity contribution in [2.24, 2.45) is 0 Å². The third kappa shape index (κ3) is 3.06. The van der Waals surface area contributed by atoms with Crippen LogP contribution >= 0.6 is 11.6 Å². The van der Waals surface area contributed by atoms with Crippen LogP contribution in [-0.2, 0) is 0 Å². The number of hydrogen-bond acceptors (Lipinski definition) is 4. The fourth-order valence-electron chi connectivity index (χ4n) is 3.26. The number of fused-ring (bicyclic) bond motifs is 1. The zero-order valence-corrected chi connectivity index (χ0v) is 15.6. The van der Waals surface area contributed by atoms with Gasteiger partial charge in [0.25, 0.3) is 5.56 Å². The average Bonchev–Trinajstić information content (AvgIpc) is 2.67. The van der Waals surface area contributed by atoms with E-state index in [2.05, 4.69) is 4.98 Å². The van der Waals surface area contributed by atoms with Crippen LogP contribution in [0.4, 0.5) is 0 Å². The van der Waals surface area contributed by atoms with E-state index < -0.39 is 5.56 Å². The number of aromatic nitrogens is 1. The lowest BCUT2D eigenvalue weighted by molar-refractivity contribution is 0.416. The molecule has 3 aromatic carbocycles. The summed E-state index contributed by atoms with van der Waals surface area (Å²) < 4.78 is 5.56. The molecule has 6 heteroatoms. The molecule has 5 nitrogen and oxygen atoms in total. The molecule has 4 rings (SSSR count). The lowest BCUT2D eigenvalue weighted by atomic mass is 9.97. The first-order valence-corrected chi connectivity index (χ1v) is 8.88. The van der Waals surface area contributed by atoms with Gasteiger partial charge in [-0.15, -0.1) is 0 Å². The number of halogens is 1. The van der Waals surface area contributed by atoms with Crippen LogP contribution in [0.3, 0.4) is 0 Å². The van der Waals surface area contributed by atoms with Crippen LogP contribution in [0.2, 0.25) is 5.02 Å². The van der Waals surface area contributed by atoms with Crippen molar-refractivity contribution in [2.45, 2.75) is 0 Å². The number of hydrogen-bond donors (Lipinski definition) is 3. The molecule has 0 atom stereocenters. The molecule has 3 N–H and O–H groups in total. The van der Waals surface area contributed by atoms with Gasteiger partial charge in [-0.05, 0) is 35.9 Å². The second kappa shape index (κ2) is 6.94. The standard InChI is InChI=1S/C22H16ClNO4/c1-28-21-8-12(13-4-2-3-5-19(13)25)6-7-14(21)15-9-16-18(10-17(15)23)24-22(27)11-20(16)26/h2-11,25H,1H3,(H2,24,26,27). The van der Waals surface area contributed by atoms with Crippen molar-refractivity contribution in [1.29, 1.82) is 0 Å². The molecular weight excluding hydrogens is 378 g/mol. The minimum atomic E-state index is -0.404. The van der Waals surface area contributed by atoms with Gasteiger partial charge in [0.2, 0.25) is 0 Å². The van der Waals surface area contributed by atoms with Crippen molar-refractivity contribution >= 4 is 22.5 Å². The molecule has 0 unspecified atom stereocenters. The zero-order valence-electron chi connectivity index (χ0n) is 14.9. The molecule has 0 bridgehead atoms. The average molecular weight is 394 g/mol. The third-order valence-electron chi connectivity index (χ3n) is 4.62. The molecule has 0 aliphatic heterocycles. The first-order chi connectivity index (χ1) is 13.5. The number of aromatic hydroxyl groups is 2. The normalized spacial score (nSPS) is 10.9. The SMILES string of the molecule is COc1cc(-c2ccccc2O)ccc1-c1cc2c(O)cc(=O)[nH]c2cc1Cl. The number of rotatable bonds is 3. The van der Waals surface area contributed by atoms with Crippen molar-refractivity contribution in [3.8, 4) is 39.5 Å². The van der Waals surface area contributed by atoms with Crippen LogP contribution < -0.4 is 10.3 Å². The Kier molecular flexibility index (Phi) is 4.45. The Morgan fingerprint density at radius 1 is 0.893 bits per heavy atom. The Morgan fingerprint density at radius 2 is 1.68 bits per heavy atom. The maximum absolute atomic E-state index is 11.6. The van der Waals surface area contributed by atoms with Gasteiger partial charge in [-0.2, -0.15) is 0 Å². The summed E-state index contributed by atoms with van der Waals surface area (Å²) in [7, 11) is 1.55. The minimum Gasteiger partial charge on any atom is -0.507 e. The molecule has 0 aliphatic rings. The zero-order chi connectivity index (χ0) is 19.8. The molecule has 140 valence electrons. The summed E-state index contributed by atoms with van der Waals surface area (Å²) in [6.07, 6.45) is 0. The largest absolute Gasteiger partial charge is 0.507 e. The number of pyridine rings is 1. The van der Waals surface area contributed by atoms with E-state index in [1.807, 2.05) is 30.3 Å². The highest BCUT2D eigenvalue weighted by Crippen LogP contribution is 2.41. The van der Waals surface area contributed by atoms with Gasteiger partial charge in [0, 0.05) is 28.1 Å². The van der Waals surface area contributed by atoms with E-state index in [9.17, 15) is 15.0 Å². The Hall–Kier alpha value is -3.44. The number of methoxy groups -OCH3 is 1. The van der Waals surface area contributed by atoms with E-state index in [4.69, 9.17) is 16.3 Å². The highest BCUT2D eigenvalue weighted by atomic mass is 35.5. The van der Waals surface area contributed by atoms with E-state index in [0.717, 1.165) is 17.2 Å². The molecular formula is C22H16ClNO4. The van der Waals surface area contributed by atoms with Crippen molar-refractivity contribution in [3.05, 3.63) is 76.0 Å². The topological polar surface area (TPSA) is 82.5 Å². The number of phenolic OH excluding ortho intramolecular Hbond substituents is 1. The smallest absolute Gasteiger partial charge is 0.252 e. The highest BCUT2D eigenvalue weighted by molar-refractivity contribution is 6.34. The van der Waals surface area contributed by atoms with Crippen molar-refractivity contribution in [1.82, 2.24) is 4.98 Å². The minimum absolute atomic E-state index is 0.124. The number of phenols is 1. The number of aromatic amines is 1. The van der Waals surface area contributed by atoms with Crippen LogP contribution in [0, 0.1) is 0 Å². The molecule has 0 aliphatic carbocycles. The summed E-state index contributed by atoms with van der Waals surface area (Å²) in [5, 5.41) is 21.1. The molecule has 0 amide bonds. The number of ether oxygens (including phenoxy) is 1. The van der Waals surface area contributed by atoms with Crippen molar-refractivity contribution in [2.75, 3.05) is 7.11 Å². The van der Waals surface area contributed by atoms with Gasteiger partial charge >= 0.3 is 0 Å². The van der Waals surface area contributed by atoms with Gasteiger partial charge in [0.1, 0.15) is 17.2 Å². The van der Waals surface area contributed by atoms with Crippen LogP contribution in [-0.4, -0.2) is 22.3 Å². The number of nitrogens with one attached hydrogen (secondary N) is 1. The lowest BCUT2D eigenvalue weighted by Crippen LogP contribution is -2.03. The van der Waals surface area contributed by atoms with E-state index in [-0.39, 0.29) is 11.5 Å². The van der Waals surface area contributed by atoms with Crippen LogP contribution in [0.1, 0.15) is 0 Å². The second-order valence-electron chi connectivity index (χ2n) is 6.33. The predicted octanol–water partition coefficient (Wildman–Crippen LogP) is 4.94. The molecule has 0 saturated carbocycles. The maximum atomic E-state index is 11.6. The Morgan fingerprint density at radius 3 is 2.43 bits per heavy atom. The van der Waals surface area contributed by atoms with Crippen LogP contribution in [0.15, 0.2) is 65.5 Å². The number of benzene rings is 3. The molecule has 1 aromatic heterocycles. The molecule has 0 spiro atoms. The second-order valence-corrected chi connectivity index (χ2v) is 6.74. The fraction of sp³-hybridized carbons (Fsp3) is 0.0455. The van der Waals surface area contributed by atoms with Gasteiger partial charge in [-0.3, -0.25) is 4.79 Å². The van der Waals surface area contributed by atoms with E-state index >= 15 is 0 Å². The summed E-state index contributed by atoms with van der Waals surface area (Å²) in [5.41, 5.74) is 2.90. The van der Waals surface area contributed by atoms with Gasteiger partial charge in [0.05, 0.1) is 17.6 Å². The maximum Gasteiger partial charge on any atom is 0.252 e. The summed E-state index contributed by atoms with van der Waals surface area (Å²) in [5.74, 6) is 0.613. The van der Waals surface area contributed by atoms with Gasteiger partial charge < -0.3 is 19.9 Å².